The number of nitrogen functional groups attached to an aromatic ring is 1. The van der Waals surface area contributed by atoms with E-state index < -0.39 is 0 Å². The van der Waals surface area contributed by atoms with E-state index in [1.54, 1.807) is 12.1 Å². The van der Waals surface area contributed by atoms with E-state index in [4.69, 9.17) is 5.73 Å². The molecule has 2 aromatic rings. The van der Waals surface area contributed by atoms with Crippen molar-refractivity contribution in [1.82, 2.24) is 0 Å². The average molecular weight is 269 g/mol. The van der Waals surface area contributed by atoms with Crippen LogP contribution in [0, 0.1) is 0 Å². The van der Waals surface area contributed by atoms with Crippen molar-refractivity contribution in [3.8, 4) is 0 Å². The molecule has 0 aliphatic heterocycles. The summed E-state index contributed by atoms with van der Waals surface area (Å²) in [5.74, 6) is 0.474. The lowest BCUT2D eigenvalue weighted by Gasteiger charge is -2.10. The van der Waals surface area contributed by atoms with E-state index in [1.807, 2.05) is 36.4 Å². The van der Waals surface area contributed by atoms with Crippen molar-refractivity contribution < 1.29 is 4.79 Å². The molecule has 2 aromatic carbocycles. The molecule has 0 aliphatic rings. The fourth-order valence-corrected chi connectivity index (χ4v) is 1.85. The number of carbonyl (C=O) groups is 1. The van der Waals surface area contributed by atoms with Crippen LogP contribution in [0.25, 0.3) is 0 Å². The van der Waals surface area contributed by atoms with Gasteiger partial charge in [0, 0.05) is 5.69 Å². The van der Waals surface area contributed by atoms with Gasteiger partial charge in [-0.1, -0.05) is 38.1 Å². The standard InChI is InChI=1S/C16H19N3O/c1-11(2)12-7-9-13(10-8-12)18-16(20)19-15-6-4-3-5-14(15)17/h3-11H,17H2,1-2H3,(H2,18,19,20). The molecule has 0 atom stereocenters. The van der Waals surface area contributed by atoms with E-state index in [1.165, 1.54) is 5.56 Å². The van der Waals surface area contributed by atoms with Crippen LogP contribution in [0.5, 0.6) is 0 Å². The van der Waals surface area contributed by atoms with Gasteiger partial charge in [-0.05, 0) is 35.7 Å². The molecule has 4 N–H and O–H groups in total. The van der Waals surface area contributed by atoms with Crippen LogP contribution in [-0.4, -0.2) is 6.03 Å². The minimum absolute atomic E-state index is 0.305. The highest BCUT2D eigenvalue weighted by atomic mass is 16.2. The number of hydrogen-bond acceptors (Lipinski definition) is 2. The fourth-order valence-electron chi connectivity index (χ4n) is 1.85. The second-order valence-electron chi connectivity index (χ2n) is 4.94. The molecule has 104 valence electrons. The van der Waals surface area contributed by atoms with Crippen molar-refractivity contribution >= 4 is 23.1 Å². The van der Waals surface area contributed by atoms with E-state index in [0.717, 1.165) is 5.69 Å². The highest BCUT2D eigenvalue weighted by Crippen LogP contribution is 2.19. The molecular weight excluding hydrogens is 250 g/mol. The number of carbonyl (C=O) groups excluding carboxylic acids is 1. The summed E-state index contributed by atoms with van der Waals surface area (Å²) in [6.45, 7) is 4.26. The largest absolute Gasteiger partial charge is 0.397 e. The van der Waals surface area contributed by atoms with Crippen LogP contribution in [0.1, 0.15) is 25.3 Å². The highest BCUT2D eigenvalue weighted by Gasteiger charge is 2.05. The lowest BCUT2D eigenvalue weighted by atomic mass is 10.0. The first-order chi connectivity index (χ1) is 9.56. The van der Waals surface area contributed by atoms with Crippen molar-refractivity contribution in [2.24, 2.45) is 0 Å². The molecule has 0 spiro atoms. The Morgan fingerprint density at radius 2 is 1.65 bits per heavy atom. The zero-order valence-corrected chi connectivity index (χ0v) is 11.7. The molecule has 4 nitrogen and oxygen atoms in total. The molecule has 0 unspecified atom stereocenters. The second kappa shape index (κ2) is 6.10. The van der Waals surface area contributed by atoms with Crippen LogP contribution in [-0.2, 0) is 0 Å². The Kier molecular flexibility index (Phi) is 4.25. The van der Waals surface area contributed by atoms with Gasteiger partial charge < -0.3 is 16.4 Å². The van der Waals surface area contributed by atoms with Crippen molar-refractivity contribution in [2.75, 3.05) is 16.4 Å². The predicted molar refractivity (Wildman–Crippen MR) is 84.0 cm³/mol. The summed E-state index contributed by atoms with van der Waals surface area (Å²) >= 11 is 0. The summed E-state index contributed by atoms with van der Waals surface area (Å²) in [5, 5.41) is 5.50. The first-order valence-corrected chi connectivity index (χ1v) is 6.58. The smallest absolute Gasteiger partial charge is 0.323 e. The van der Waals surface area contributed by atoms with Gasteiger partial charge in [0.2, 0.25) is 0 Å². The van der Waals surface area contributed by atoms with Crippen LogP contribution < -0.4 is 16.4 Å². The number of para-hydroxylation sites is 2. The fraction of sp³-hybridized carbons (Fsp3) is 0.188. The second-order valence-corrected chi connectivity index (χ2v) is 4.94. The van der Waals surface area contributed by atoms with Crippen molar-refractivity contribution in [2.45, 2.75) is 19.8 Å². The summed E-state index contributed by atoms with van der Waals surface area (Å²) in [7, 11) is 0. The van der Waals surface area contributed by atoms with Gasteiger partial charge in [0.15, 0.2) is 0 Å². The van der Waals surface area contributed by atoms with Gasteiger partial charge in [-0.15, -0.1) is 0 Å². The summed E-state index contributed by atoms with van der Waals surface area (Å²) in [5.41, 5.74) is 8.90. The molecule has 0 aromatic heterocycles. The maximum Gasteiger partial charge on any atom is 0.323 e. The van der Waals surface area contributed by atoms with Gasteiger partial charge in [0.1, 0.15) is 0 Å². The zero-order chi connectivity index (χ0) is 14.5. The minimum atomic E-state index is -0.305. The molecule has 20 heavy (non-hydrogen) atoms. The maximum absolute atomic E-state index is 11.9. The van der Waals surface area contributed by atoms with E-state index in [0.29, 0.717) is 17.3 Å². The van der Waals surface area contributed by atoms with Crippen molar-refractivity contribution in [3.63, 3.8) is 0 Å². The maximum atomic E-state index is 11.9. The third kappa shape index (κ3) is 3.51. The van der Waals surface area contributed by atoms with E-state index in [-0.39, 0.29) is 6.03 Å². The number of urea groups is 1. The molecule has 0 radical (unpaired) electrons. The molecule has 0 fully saturated rings. The van der Waals surface area contributed by atoms with Gasteiger partial charge >= 0.3 is 6.03 Å². The van der Waals surface area contributed by atoms with Gasteiger partial charge in [0.05, 0.1) is 11.4 Å². The van der Waals surface area contributed by atoms with E-state index in [2.05, 4.69) is 24.5 Å². The van der Waals surface area contributed by atoms with Crippen LogP contribution in [0.2, 0.25) is 0 Å². The molecule has 0 heterocycles. The quantitative estimate of drug-likeness (QED) is 0.736. The first-order valence-electron chi connectivity index (χ1n) is 6.58. The number of amides is 2. The molecule has 2 rings (SSSR count). The number of anilines is 3. The van der Waals surface area contributed by atoms with Gasteiger partial charge in [0.25, 0.3) is 0 Å². The Morgan fingerprint density at radius 3 is 2.25 bits per heavy atom. The van der Waals surface area contributed by atoms with Gasteiger partial charge in [-0.3, -0.25) is 0 Å². The third-order valence-electron chi connectivity index (χ3n) is 3.04. The van der Waals surface area contributed by atoms with Gasteiger partial charge in [-0.2, -0.15) is 0 Å². The van der Waals surface area contributed by atoms with E-state index in [9.17, 15) is 4.79 Å². The van der Waals surface area contributed by atoms with Crippen LogP contribution in [0.4, 0.5) is 21.9 Å². The molecular formula is C16H19N3O. The predicted octanol–water partition coefficient (Wildman–Crippen LogP) is 4.04. The number of nitrogens with one attached hydrogen (secondary N) is 2. The summed E-state index contributed by atoms with van der Waals surface area (Å²) < 4.78 is 0. The van der Waals surface area contributed by atoms with Crippen LogP contribution >= 0.6 is 0 Å². The molecule has 0 saturated heterocycles. The summed E-state index contributed by atoms with van der Waals surface area (Å²) in [4.78, 5) is 11.9. The Morgan fingerprint density at radius 1 is 1.00 bits per heavy atom. The Bertz CT molecular complexity index is 591. The molecule has 2 amide bonds. The normalized spacial score (nSPS) is 10.3. The van der Waals surface area contributed by atoms with Crippen LogP contribution in [0.15, 0.2) is 48.5 Å². The monoisotopic (exact) mass is 269 g/mol. The Balaban J connectivity index is 1.99. The zero-order valence-electron chi connectivity index (χ0n) is 11.7. The lowest BCUT2D eigenvalue weighted by Crippen LogP contribution is -2.20. The molecule has 4 heteroatoms. The first kappa shape index (κ1) is 13.9. The SMILES string of the molecule is CC(C)c1ccc(NC(=O)Nc2ccccc2N)cc1. The molecule has 0 saturated carbocycles. The van der Waals surface area contributed by atoms with Crippen LogP contribution in [0.3, 0.4) is 0 Å². The summed E-state index contributed by atoms with van der Waals surface area (Å²) in [6, 6.07) is 14.7. The van der Waals surface area contributed by atoms with Crippen molar-refractivity contribution in [1.29, 1.82) is 0 Å². The van der Waals surface area contributed by atoms with Crippen molar-refractivity contribution in [3.05, 3.63) is 54.1 Å². The Labute approximate surface area is 119 Å². The number of nitrogens with two attached hydrogens (primary N) is 1. The topological polar surface area (TPSA) is 67.2 Å². The average Bonchev–Trinajstić information content (AvgIpc) is 2.42. The molecule has 0 aliphatic carbocycles. The molecule has 0 bridgehead atoms. The van der Waals surface area contributed by atoms with E-state index >= 15 is 0 Å². The Hall–Kier alpha value is -2.49. The minimum Gasteiger partial charge on any atom is -0.397 e. The highest BCUT2D eigenvalue weighted by molar-refractivity contribution is 6.01. The summed E-state index contributed by atoms with van der Waals surface area (Å²) in [6.07, 6.45) is 0. The number of rotatable bonds is 3. The number of benzene rings is 2. The lowest BCUT2D eigenvalue weighted by molar-refractivity contribution is 0.262. The van der Waals surface area contributed by atoms with Gasteiger partial charge in [-0.25, -0.2) is 4.79 Å². The number of hydrogen-bond donors (Lipinski definition) is 3. The third-order valence-corrected chi connectivity index (χ3v) is 3.04.